The van der Waals surface area contributed by atoms with Crippen LogP contribution in [0.25, 0.3) is 0 Å². The Morgan fingerprint density at radius 1 is 1.17 bits per heavy atom. The van der Waals surface area contributed by atoms with E-state index in [-0.39, 0.29) is 22.2 Å². The van der Waals surface area contributed by atoms with Crippen molar-refractivity contribution in [3.63, 3.8) is 0 Å². The summed E-state index contributed by atoms with van der Waals surface area (Å²) in [6.45, 7) is 5.11. The third kappa shape index (κ3) is 4.99. The van der Waals surface area contributed by atoms with Gasteiger partial charge in [0.2, 0.25) is 10.0 Å². The largest absolute Gasteiger partial charge is 0.496 e. The highest BCUT2D eigenvalue weighted by molar-refractivity contribution is 7.89. The highest BCUT2D eigenvalue weighted by atomic mass is 32.2. The molecule has 0 saturated carbocycles. The van der Waals surface area contributed by atoms with Gasteiger partial charge < -0.3 is 9.64 Å². The number of nitrogens with one attached hydrogen (secondary N) is 1. The zero-order valence-corrected chi connectivity index (χ0v) is 18.2. The van der Waals surface area contributed by atoms with Crippen LogP contribution < -0.4 is 9.46 Å². The Balaban J connectivity index is 1.85. The van der Waals surface area contributed by atoms with Crippen LogP contribution in [0.4, 0.5) is 4.39 Å². The van der Waals surface area contributed by atoms with Crippen LogP contribution in [-0.2, 0) is 10.0 Å². The number of carbonyl (C=O) groups excluding carboxylic acids is 1. The van der Waals surface area contributed by atoms with Gasteiger partial charge in [-0.05, 0) is 61.6 Å². The van der Waals surface area contributed by atoms with Gasteiger partial charge in [-0.15, -0.1) is 0 Å². The van der Waals surface area contributed by atoms with Crippen molar-refractivity contribution >= 4 is 15.9 Å². The molecule has 2 aromatic rings. The highest BCUT2D eigenvalue weighted by Crippen LogP contribution is 2.27. The van der Waals surface area contributed by atoms with E-state index in [1.807, 2.05) is 0 Å². The van der Waals surface area contributed by atoms with E-state index in [1.165, 1.54) is 49.6 Å². The predicted octanol–water partition coefficient (Wildman–Crippen LogP) is 3.75. The first-order chi connectivity index (χ1) is 14.2. The van der Waals surface area contributed by atoms with Crippen LogP contribution >= 0.6 is 0 Å². The Morgan fingerprint density at radius 3 is 2.40 bits per heavy atom. The molecule has 0 radical (unpaired) electrons. The number of ether oxygens (including phenoxy) is 1. The summed E-state index contributed by atoms with van der Waals surface area (Å²) < 4.78 is 46.9. The molecular weight excluding hydrogens is 407 g/mol. The maximum absolute atomic E-state index is 13.1. The molecule has 3 rings (SSSR count). The van der Waals surface area contributed by atoms with Gasteiger partial charge in [0, 0.05) is 19.1 Å². The first kappa shape index (κ1) is 22.2. The minimum atomic E-state index is -3.91. The maximum Gasteiger partial charge on any atom is 0.257 e. The zero-order chi connectivity index (χ0) is 21.9. The van der Waals surface area contributed by atoms with E-state index >= 15 is 0 Å². The Bertz CT molecular complexity index is 1000. The number of hydrogen-bond donors (Lipinski definition) is 1. The van der Waals surface area contributed by atoms with Gasteiger partial charge in [-0.2, -0.15) is 0 Å². The second kappa shape index (κ2) is 9.14. The summed E-state index contributed by atoms with van der Waals surface area (Å²) in [5.74, 6) is 0.283. The lowest BCUT2D eigenvalue weighted by molar-refractivity contribution is 0.0693. The van der Waals surface area contributed by atoms with E-state index in [0.29, 0.717) is 30.3 Å². The van der Waals surface area contributed by atoms with Crippen LogP contribution in [0.1, 0.15) is 48.7 Å². The molecule has 0 aromatic heterocycles. The Kier molecular flexibility index (Phi) is 6.77. The van der Waals surface area contributed by atoms with Crippen molar-refractivity contribution in [1.82, 2.24) is 9.62 Å². The lowest BCUT2D eigenvalue weighted by Crippen LogP contribution is -2.38. The Labute approximate surface area is 177 Å². The van der Waals surface area contributed by atoms with Crippen LogP contribution in [0.2, 0.25) is 0 Å². The van der Waals surface area contributed by atoms with Crippen molar-refractivity contribution < 1.29 is 22.3 Å². The normalized spacial score (nSPS) is 16.3. The fourth-order valence-electron chi connectivity index (χ4n) is 3.52. The molecule has 1 N–H and O–H groups in total. The van der Waals surface area contributed by atoms with Gasteiger partial charge in [-0.25, -0.2) is 17.5 Å². The standard InChI is InChI=1S/C22H27FN2O4S/c1-15-10-12-25(13-11-15)22(26)20-14-19(8-9-21(20)29-3)30(27,28)24-16(2)17-4-6-18(23)7-5-17/h4-9,14-16,24H,10-13H2,1-3H3/t16-/m0/s1. The fourth-order valence-corrected chi connectivity index (χ4v) is 4.78. The summed E-state index contributed by atoms with van der Waals surface area (Å²) in [6.07, 6.45) is 1.84. The molecule has 0 spiro atoms. The van der Waals surface area contributed by atoms with Crippen LogP contribution in [-0.4, -0.2) is 39.4 Å². The topological polar surface area (TPSA) is 75.7 Å². The number of amides is 1. The molecule has 1 amide bonds. The molecule has 1 aliphatic rings. The summed E-state index contributed by atoms with van der Waals surface area (Å²) >= 11 is 0. The van der Waals surface area contributed by atoms with E-state index < -0.39 is 16.1 Å². The van der Waals surface area contributed by atoms with Crippen molar-refractivity contribution in [2.24, 2.45) is 5.92 Å². The van der Waals surface area contributed by atoms with Crippen molar-refractivity contribution in [1.29, 1.82) is 0 Å². The third-order valence-electron chi connectivity index (χ3n) is 5.48. The fraction of sp³-hybridized carbons (Fsp3) is 0.409. The van der Waals surface area contributed by atoms with E-state index in [0.717, 1.165) is 12.8 Å². The number of halogens is 1. The number of piperidine rings is 1. The van der Waals surface area contributed by atoms with Crippen LogP contribution in [0.3, 0.4) is 0 Å². The number of sulfonamides is 1. The van der Waals surface area contributed by atoms with Gasteiger partial charge in [0.1, 0.15) is 11.6 Å². The van der Waals surface area contributed by atoms with Crippen molar-refractivity contribution in [2.75, 3.05) is 20.2 Å². The number of nitrogens with zero attached hydrogens (tertiary/aromatic N) is 1. The summed E-state index contributed by atoms with van der Waals surface area (Å²) in [6, 6.07) is 9.32. The van der Waals surface area contributed by atoms with Crippen molar-refractivity contribution in [3.8, 4) is 5.75 Å². The van der Waals surface area contributed by atoms with E-state index in [1.54, 1.807) is 11.8 Å². The number of rotatable bonds is 6. The average molecular weight is 435 g/mol. The van der Waals surface area contributed by atoms with Crippen LogP contribution in [0.15, 0.2) is 47.4 Å². The second-order valence-electron chi connectivity index (χ2n) is 7.73. The summed E-state index contributed by atoms with van der Waals surface area (Å²) in [7, 11) is -2.46. The second-order valence-corrected chi connectivity index (χ2v) is 9.45. The molecule has 0 unspecified atom stereocenters. The molecule has 1 heterocycles. The van der Waals surface area contributed by atoms with E-state index in [4.69, 9.17) is 4.74 Å². The first-order valence-electron chi connectivity index (χ1n) is 9.96. The minimum absolute atomic E-state index is 0.0222. The maximum atomic E-state index is 13.1. The van der Waals surface area contributed by atoms with Crippen molar-refractivity contribution in [3.05, 3.63) is 59.4 Å². The number of carbonyl (C=O) groups is 1. The Morgan fingerprint density at radius 2 is 1.80 bits per heavy atom. The monoisotopic (exact) mass is 434 g/mol. The molecule has 0 bridgehead atoms. The number of methoxy groups -OCH3 is 1. The molecule has 6 nitrogen and oxygen atoms in total. The van der Waals surface area contributed by atoms with E-state index in [2.05, 4.69) is 11.6 Å². The summed E-state index contributed by atoms with van der Waals surface area (Å²) in [5, 5.41) is 0. The lowest BCUT2D eigenvalue weighted by atomic mass is 9.98. The summed E-state index contributed by atoms with van der Waals surface area (Å²) in [4.78, 5) is 14.8. The zero-order valence-electron chi connectivity index (χ0n) is 17.4. The van der Waals surface area contributed by atoms with Gasteiger partial charge in [-0.1, -0.05) is 19.1 Å². The molecule has 1 atom stereocenters. The van der Waals surface area contributed by atoms with Gasteiger partial charge in [-0.3, -0.25) is 4.79 Å². The lowest BCUT2D eigenvalue weighted by Gasteiger charge is -2.30. The highest BCUT2D eigenvalue weighted by Gasteiger charge is 2.26. The van der Waals surface area contributed by atoms with Crippen LogP contribution in [0, 0.1) is 11.7 Å². The quantitative estimate of drug-likeness (QED) is 0.751. The van der Waals surface area contributed by atoms with Gasteiger partial charge in [0.25, 0.3) is 5.91 Å². The average Bonchev–Trinajstić information content (AvgIpc) is 2.73. The Hall–Kier alpha value is -2.45. The molecule has 1 saturated heterocycles. The molecule has 1 fully saturated rings. The first-order valence-corrected chi connectivity index (χ1v) is 11.4. The minimum Gasteiger partial charge on any atom is -0.496 e. The van der Waals surface area contributed by atoms with Crippen molar-refractivity contribution in [2.45, 2.75) is 37.6 Å². The predicted molar refractivity (Wildman–Crippen MR) is 112 cm³/mol. The molecule has 2 aromatic carbocycles. The third-order valence-corrected chi connectivity index (χ3v) is 7.02. The van der Waals surface area contributed by atoms with Gasteiger partial charge in [0.15, 0.2) is 0 Å². The summed E-state index contributed by atoms with van der Waals surface area (Å²) in [5.41, 5.74) is 0.858. The van der Waals surface area contributed by atoms with Gasteiger partial charge >= 0.3 is 0 Å². The SMILES string of the molecule is COc1ccc(S(=O)(=O)N[C@@H](C)c2ccc(F)cc2)cc1C(=O)N1CCC(C)CC1. The molecular formula is C22H27FN2O4S. The smallest absolute Gasteiger partial charge is 0.257 e. The molecule has 1 aliphatic heterocycles. The van der Waals surface area contributed by atoms with Crippen LogP contribution in [0.5, 0.6) is 5.75 Å². The number of likely N-dealkylation sites (tertiary alicyclic amines) is 1. The molecule has 30 heavy (non-hydrogen) atoms. The van der Waals surface area contributed by atoms with Gasteiger partial charge in [0.05, 0.1) is 17.6 Å². The molecule has 8 heteroatoms. The van der Waals surface area contributed by atoms with E-state index in [9.17, 15) is 17.6 Å². The molecule has 162 valence electrons. The number of benzene rings is 2. The molecule has 0 aliphatic carbocycles. The number of hydrogen-bond acceptors (Lipinski definition) is 4.